The molecule has 1 aliphatic rings. The molecule has 1 aliphatic heterocycles. The average Bonchev–Trinajstić information content (AvgIpc) is 2.88. The van der Waals surface area contributed by atoms with Crippen LogP contribution in [0.5, 0.6) is 0 Å². The van der Waals surface area contributed by atoms with Gasteiger partial charge in [-0.1, -0.05) is 25.5 Å². The van der Waals surface area contributed by atoms with Crippen molar-refractivity contribution in [2.75, 3.05) is 6.54 Å². The van der Waals surface area contributed by atoms with Crippen molar-refractivity contribution in [3.63, 3.8) is 0 Å². The summed E-state index contributed by atoms with van der Waals surface area (Å²) in [5.41, 5.74) is 0.522. The van der Waals surface area contributed by atoms with E-state index in [2.05, 4.69) is 17.6 Å². The van der Waals surface area contributed by atoms with Gasteiger partial charge in [-0.2, -0.15) is 0 Å². The first-order chi connectivity index (χ1) is 9.16. The van der Waals surface area contributed by atoms with Gasteiger partial charge in [0.25, 0.3) is 0 Å². The molecule has 3 nitrogen and oxygen atoms in total. The van der Waals surface area contributed by atoms with E-state index in [0.29, 0.717) is 6.54 Å². The van der Waals surface area contributed by atoms with Gasteiger partial charge in [-0.3, -0.25) is 4.79 Å². The van der Waals surface area contributed by atoms with Crippen molar-refractivity contribution in [1.82, 2.24) is 10.6 Å². The Bertz CT molecular complexity index is 424. The van der Waals surface area contributed by atoms with E-state index in [9.17, 15) is 9.18 Å². The number of carbonyl (C=O) groups is 1. The number of hydrogen-bond acceptors (Lipinski definition) is 2. The SMILES string of the molecule is CCCC1(C(=O)NCc2ccc(F)cc2)CCCN1. The van der Waals surface area contributed by atoms with Crippen LogP contribution in [0, 0.1) is 5.82 Å². The predicted molar refractivity (Wildman–Crippen MR) is 73.1 cm³/mol. The van der Waals surface area contributed by atoms with Crippen LogP contribution in [-0.4, -0.2) is 18.0 Å². The first kappa shape index (κ1) is 14.0. The van der Waals surface area contributed by atoms with Crippen molar-refractivity contribution < 1.29 is 9.18 Å². The zero-order valence-corrected chi connectivity index (χ0v) is 11.3. The van der Waals surface area contributed by atoms with Crippen molar-refractivity contribution in [2.24, 2.45) is 0 Å². The Kier molecular flexibility index (Phi) is 4.53. The quantitative estimate of drug-likeness (QED) is 0.857. The van der Waals surface area contributed by atoms with Gasteiger partial charge < -0.3 is 10.6 Å². The smallest absolute Gasteiger partial charge is 0.240 e. The highest BCUT2D eigenvalue weighted by Crippen LogP contribution is 2.25. The second-order valence-corrected chi connectivity index (χ2v) is 5.17. The minimum absolute atomic E-state index is 0.0659. The molecule has 1 unspecified atom stereocenters. The molecule has 1 fully saturated rings. The normalized spacial score (nSPS) is 22.4. The highest BCUT2D eigenvalue weighted by atomic mass is 19.1. The Balaban J connectivity index is 1.94. The number of halogens is 1. The number of carbonyl (C=O) groups excluding carboxylic acids is 1. The van der Waals surface area contributed by atoms with E-state index in [4.69, 9.17) is 0 Å². The summed E-state index contributed by atoms with van der Waals surface area (Å²) in [6.45, 7) is 3.45. The summed E-state index contributed by atoms with van der Waals surface area (Å²) in [7, 11) is 0. The molecular formula is C15H21FN2O. The van der Waals surface area contributed by atoms with Crippen LogP contribution in [0.25, 0.3) is 0 Å². The molecule has 1 atom stereocenters. The summed E-state index contributed by atoms with van der Waals surface area (Å²) >= 11 is 0. The van der Waals surface area contributed by atoms with Gasteiger partial charge in [0.1, 0.15) is 5.82 Å². The lowest BCUT2D eigenvalue weighted by molar-refractivity contribution is -0.127. The zero-order valence-electron chi connectivity index (χ0n) is 11.3. The molecule has 1 heterocycles. The minimum Gasteiger partial charge on any atom is -0.350 e. The van der Waals surface area contributed by atoms with Crippen molar-refractivity contribution in [2.45, 2.75) is 44.7 Å². The van der Waals surface area contributed by atoms with Gasteiger partial charge in [-0.05, 0) is 43.5 Å². The molecular weight excluding hydrogens is 243 g/mol. The van der Waals surface area contributed by atoms with Gasteiger partial charge in [0.05, 0.1) is 5.54 Å². The summed E-state index contributed by atoms with van der Waals surface area (Å²) in [5, 5.41) is 6.31. The molecule has 104 valence electrons. The molecule has 0 bridgehead atoms. The molecule has 0 aliphatic carbocycles. The standard InChI is InChI=1S/C15H21FN2O/c1-2-8-15(9-3-10-18-15)14(19)17-11-12-4-6-13(16)7-5-12/h4-7,18H,2-3,8-11H2,1H3,(H,17,19). The third kappa shape index (κ3) is 3.32. The first-order valence-electron chi connectivity index (χ1n) is 6.94. The summed E-state index contributed by atoms with van der Waals surface area (Å²) in [6, 6.07) is 6.22. The monoisotopic (exact) mass is 264 g/mol. The number of rotatable bonds is 5. The van der Waals surface area contributed by atoms with Crippen LogP contribution >= 0.6 is 0 Å². The fourth-order valence-corrected chi connectivity index (χ4v) is 2.71. The fraction of sp³-hybridized carbons (Fsp3) is 0.533. The molecule has 1 aromatic rings. The Hall–Kier alpha value is -1.42. The van der Waals surface area contributed by atoms with Gasteiger partial charge in [-0.25, -0.2) is 4.39 Å². The molecule has 0 aromatic heterocycles. The van der Waals surface area contributed by atoms with Crippen LogP contribution in [0.3, 0.4) is 0 Å². The average molecular weight is 264 g/mol. The third-order valence-corrected chi connectivity index (χ3v) is 3.72. The minimum atomic E-state index is -0.394. The number of nitrogens with one attached hydrogen (secondary N) is 2. The van der Waals surface area contributed by atoms with Gasteiger partial charge in [0.2, 0.25) is 5.91 Å². The van der Waals surface area contributed by atoms with E-state index in [1.165, 1.54) is 12.1 Å². The van der Waals surface area contributed by atoms with Crippen LogP contribution < -0.4 is 10.6 Å². The van der Waals surface area contributed by atoms with E-state index < -0.39 is 5.54 Å². The third-order valence-electron chi connectivity index (χ3n) is 3.72. The van der Waals surface area contributed by atoms with E-state index in [1.807, 2.05) is 0 Å². The van der Waals surface area contributed by atoms with Gasteiger partial charge in [0.15, 0.2) is 0 Å². The maximum atomic E-state index is 12.8. The Morgan fingerprint density at radius 1 is 1.42 bits per heavy atom. The number of benzene rings is 1. The highest BCUT2D eigenvalue weighted by molar-refractivity contribution is 5.86. The van der Waals surface area contributed by atoms with Crippen LogP contribution in [0.1, 0.15) is 38.2 Å². The Labute approximate surface area is 113 Å². The topological polar surface area (TPSA) is 41.1 Å². The molecule has 0 spiro atoms. The van der Waals surface area contributed by atoms with Crippen molar-refractivity contribution in [3.8, 4) is 0 Å². The lowest BCUT2D eigenvalue weighted by Gasteiger charge is -2.27. The van der Waals surface area contributed by atoms with E-state index >= 15 is 0 Å². The van der Waals surface area contributed by atoms with Crippen molar-refractivity contribution >= 4 is 5.91 Å². The van der Waals surface area contributed by atoms with Gasteiger partial charge >= 0.3 is 0 Å². The molecule has 4 heteroatoms. The molecule has 19 heavy (non-hydrogen) atoms. The summed E-state index contributed by atoms with van der Waals surface area (Å²) < 4.78 is 12.8. The lowest BCUT2D eigenvalue weighted by atomic mass is 9.91. The molecule has 2 rings (SSSR count). The predicted octanol–water partition coefficient (Wildman–Crippen LogP) is 2.36. The van der Waals surface area contributed by atoms with E-state index in [1.54, 1.807) is 12.1 Å². The molecule has 0 radical (unpaired) electrons. The van der Waals surface area contributed by atoms with Crippen molar-refractivity contribution in [1.29, 1.82) is 0 Å². The molecule has 1 amide bonds. The Morgan fingerprint density at radius 3 is 2.74 bits per heavy atom. The molecule has 2 N–H and O–H groups in total. The molecule has 1 saturated heterocycles. The van der Waals surface area contributed by atoms with E-state index in [0.717, 1.165) is 37.8 Å². The molecule has 0 saturated carbocycles. The second-order valence-electron chi connectivity index (χ2n) is 5.17. The van der Waals surface area contributed by atoms with Crippen LogP contribution in [-0.2, 0) is 11.3 Å². The lowest BCUT2D eigenvalue weighted by Crippen LogP contribution is -2.53. The summed E-state index contributed by atoms with van der Waals surface area (Å²) in [6.07, 6.45) is 3.79. The maximum absolute atomic E-state index is 12.8. The van der Waals surface area contributed by atoms with Crippen molar-refractivity contribution in [3.05, 3.63) is 35.6 Å². The fourth-order valence-electron chi connectivity index (χ4n) is 2.71. The number of amides is 1. The summed E-state index contributed by atoms with van der Waals surface area (Å²) in [4.78, 5) is 12.3. The largest absolute Gasteiger partial charge is 0.350 e. The second kappa shape index (κ2) is 6.15. The molecule has 1 aromatic carbocycles. The van der Waals surface area contributed by atoms with Crippen LogP contribution in [0.4, 0.5) is 4.39 Å². The van der Waals surface area contributed by atoms with E-state index in [-0.39, 0.29) is 11.7 Å². The van der Waals surface area contributed by atoms with Crippen LogP contribution in [0.15, 0.2) is 24.3 Å². The Morgan fingerprint density at radius 2 is 2.16 bits per heavy atom. The van der Waals surface area contributed by atoms with Crippen LogP contribution in [0.2, 0.25) is 0 Å². The number of hydrogen-bond donors (Lipinski definition) is 2. The first-order valence-corrected chi connectivity index (χ1v) is 6.94. The summed E-state index contributed by atoms with van der Waals surface area (Å²) in [5.74, 6) is -0.189. The van der Waals surface area contributed by atoms with Gasteiger partial charge in [-0.15, -0.1) is 0 Å². The van der Waals surface area contributed by atoms with Gasteiger partial charge in [0, 0.05) is 6.54 Å². The highest BCUT2D eigenvalue weighted by Gasteiger charge is 2.39. The zero-order chi connectivity index (χ0) is 13.7. The maximum Gasteiger partial charge on any atom is 0.240 e.